The molecule has 1 aliphatic rings. The number of ether oxygens (including phenoxy) is 1. The Bertz CT molecular complexity index is 382. The van der Waals surface area contributed by atoms with Crippen LogP contribution in [0.25, 0.3) is 0 Å². The fraction of sp³-hybridized carbons (Fsp3) is 0.625. The molecule has 1 aromatic carbocycles. The molecule has 0 amide bonds. The second kappa shape index (κ2) is 6.40. The molecule has 0 radical (unpaired) electrons. The second-order valence-corrected chi connectivity index (χ2v) is 6.00. The Morgan fingerprint density at radius 2 is 1.95 bits per heavy atom. The summed E-state index contributed by atoms with van der Waals surface area (Å²) < 4.78 is 5.49. The van der Waals surface area contributed by atoms with Crippen LogP contribution in [0.1, 0.15) is 26.3 Å². The van der Waals surface area contributed by atoms with Gasteiger partial charge in [0.15, 0.2) is 0 Å². The molecule has 1 aliphatic heterocycles. The first-order chi connectivity index (χ1) is 9.12. The molecule has 0 aromatic heterocycles. The van der Waals surface area contributed by atoms with Gasteiger partial charge >= 0.3 is 0 Å². The van der Waals surface area contributed by atoms with Crippen molar-refractivity contribution in [3.63, 3.8) is 0 Å². The number of hydrogen-bond acceptors (Lipinski definition) is 3. The van der Waals surface area contributed by atoms with Gasteiger partial charge in [0.1, 0.15) is 5.75 Å². The molecule has 1 aromatic rings. The van der Waals surface area contributed by atoms with Crippen molar-refractivity contribution in [1.82, 2.24) is 10.6 Å². The summed E-state index contributed by atoms with van der Waals surface area (Å²) in [6.07, 6.45) is 0. The topological polar surface area (TPSA) is 33.3 Å². The average molecular weight is 262 g/mol. The third-order valence-corrected chi connectivity index (χ3v) is 3.81. The van der Waals surface area contributed by atoms with Crippen molar-refractivity contribution >= 4 is 0 Å². The molecule has 3 nitrogen and oxygen atoms in total. The number of hydrogen-bond donors (Lipinski definition) is 2. The fourth-order valence-electron chi connectivity index (χ4n) is 2.35. The Kier molecular flexibility index (Phi) is 4.83. The highest BCUT2D eigenvalue weighted by molar-refractivity contribution is 5.31. The van der Waals surface area contributed by atoms with Gasteiger partial charge in [-0.15, -0.1) is 0 Å². The van der Waals surface area contributed by atoms with E-state index < -0.39 is 0 Å². The van der Waals surface area contributed by atoms with Gasteiger partial charge in [-0.1, -0.05) is 26.0 Å². The molecule has 1 heterocycles. The Morgan fingerprint density at radius 1 is 1.26 bits per heavy atom. The van der Waals surface area contributed by atoms with Crippen molar-refractivity contribution in [2.75, 3.05) is 32.8 Å². The SMILES string of the molecule is CCOc1ccc(C(C)(C)CNCC2CNC2)cc1. The van der Waals surface area contributed by atoms with Crippen molar-refractivity contribution < 1.29 is 4.74 Å². The van der Waals surface area contributed by atoms with Crippen LogP contribution < -0.4 is 15.4 Å². The molecule has 0 saturated carbocycles. The minimum Gasteiger partial charge on any atom is -0.494 e. The molecule has 19 heavy (non-hydrogen) atoms. The lowest BCUT2D eigenvalue weighted by Crippen LogP contribution is -2.48. The standard InChI is InChI=1S/C16H26N2O/c1-4-19-15-7-5-14(6-8-15)16(2,3)12-18-11-13-9-17-10-13/h5-8,13,17-18H,4,9-12H2,1-3H3. The van der Waals surface area contributed by atoms with Gasteiger partial charge < -0.3 is 15.4 Å². The van der Waals surface area contributed by atoms with Crippen molar-refractivity contribution in [3.05, 3.63) is 29.8 Å². The maximum Gasteiger partial charge on any atom is 0.119 e. The highest BCUT2D eigenvalue weighted by atomic mass is 16.5. The monoisotopic (exact) mass is 262 g/mol. The van der Waals surface area contributed by atoms with Crippen LogP contribution in [0.15, 0.2) is 24.3 Å². The van der Waals surface area contributed by atoms with Crippen LogP contribution in [-0.4, -0.2) is 32.8 Å². The molecule has 0 aliphatic carbocycles. The van der Waals surface area contributed by atoms with Gasteiger partial charge in [-0.25, -0.2) is 0 Å². The number of rotatable bonds is 7. The van der Waals surface area contributed by atoms with Crippen LogP contribution in [0.2, 0.25) is 0 Å². The maximum absolute atomic E-state index is 5.49. The molecule has 106 valence electrons. The van der Waals surface area contributed by atoms with E-state index in [4.69, 9.17) is 4.74 Å². The molecule has 1 saturated heterocycles. The van der Waals surface area contributed by atoms with Crippen LogP contribution in [0.5, 0.6) is 5.75 Å². The van der Waals surface area contributed by atoms with Crippen LogP contribution in [0.4, 0.5) is 0 Å². The average Bonchev–Trinajstić information content (AvgIpc) is 2.33. The first-order valence-electron chi connectivity index (χ1n) is 7.26. The predicted molar refractivity (Wildman–Crippen MR) is 79.9 cm³/mol. The third-order valence-electron chi connectivity index (χ3n) is 3.81. The first kappa shape index (κ1) is 14.4. The van der Waals surface area contributed by atoms with Crippen LogP contribution in [0.3, 0.4) is 0 Å². The lowest BCUT2D eigenvalue weighted by atomic mass is 9.84. The summed E-state index contributed by atoms with van der Waals surface area (Å²) in [5.74, 6) is 1.77. The summed E-state index contributed by atoms with van der Waals surface area (Å²) >= 11 is 0. The lowest BCUT2D eigenvalue weighted by molar-refractivity contribution is 0.319. The van der Waals surface area contributed by atoms with E-state index in [1.807, 2.05) is 6.92 Å². The molecule has 2 rings (SSSR count). The lowest BCUT2D eigenvalue weighted by Gasteiger charge is -2.31. The summed E-state index contributed by atoms with van der Waals surface area (Å²) in [6.45, 7) is 11.8. The van der Waals surface area contributed by atoms with E-state index in [-0.39, 0.29) is 5.41 Å². The van der Waals surface area contributed by atoms with Crippen molar-refractivity contribution in [1.29, 1.82) is 0 Å². The van der Waals surface area contributed by atoms with Crippen LogP contribution in [0, 0.1) is 5.92 Å². The minimum atomic E-state index is 0.155. The zero-order chi connectivity index (χ0) is 13.7. The minimum absolute atomic E-state index is 0.155. The van der Waals surface area contributed by atoms with Crippen LogP contribution in [-0.2, 0) is 5.41 Å². The third kappa shape index (κ3) is 3.95. The molecule has 2 N–H and O–H groups in total. The van der Waals surface area contributed by atoms with E-state index in [1.54, 1.807) is 0 Å². The molecular weight excluding hydrogens is 236 g/mol. The van der Waals surface area contributed by atoms with Crippen molar-refractivity contribution in [3.8, 4) is 5.75 Å². The smallest absolute Gasteiger partial charge is 0.119 e. The largest absolute Gasteiger partial charge is 0.494 e. The van der Waals surface area contributed by atoms with Crippen molar-refractivity contribution in [2.45, 2.75) is 26.2 Å². The van der Waals surface area contributed by atoms with Gasteiger partial charge in [-0.3, -0.25) is 0 Å². The van der Waals surface area contributed by atoms with Gasteiger partial charge in [0.25, 0.3) is 0 Å². The number of benzene rings is 1. The Balaban J connectivity index is 1.85. The number of nitrogens with one attached hydrogen (secondary N) is 2. The van der Waals surface area contributed by atoms with Gasteiger partial charge in [0, 0.05) is 31.6 Å². The van der Waals surface area contributed by atoms with Gasteiger partial charge in [0.2, 0.25) is 0 Å². The summed E-state index contributed by atoms with van der Waals surface area (Å²) in [6, 6.07) is 8.49. The molecule has 0 atom stereocenters. The van der Waals surface area contributed by atoms with E-state index in [0.29, 0.717) is 0 Å². The quantitative estimate of drug-likeness (QED) is 0.790. The van der Waals surface area contributed by atoms with E-state index in [9.17, 15) is 0 Å². The Labute approximate surface area is 116 Å². The highest BCUT2D eigenvalue weighted by Gasteiger charge is 2.22. The normalized spacial score (nSPS) is 16.2. The van der Waals surface area contributed by atoms with E-state index >= 15 is 0 Å². The summed E-state index contributed by atoms with van der Waals surface area (Å²) in [7, 11) is 0. The summed E-state index contributed by atoms with van der Waals surface area (Å²) in [4.78, 5) is 0. The van der Waals surface area contributed by atoms with E-state index in [2.05, 4.69) is 48.7 Å². The fourth-order valence-corrected chi connectivity index (χ4v) is 2.35. The van der Waals surface area contributed by atoms with Gasteiger partial charge in [-0.05, 0) is 30.5 Å². The van der Waals surface area contributed by atoms with Crippen molar-refractivity contribution in [2.24, 2.45) is 5.92 Å². The zero-order valence-corrected chi connectivity index (χ0v) is 12.3. The molecule has 1 fully saturated rings. The first-order valence-corrected chi connectivity index (χ1v) is 7.26. The summed E-state index contributed by atoms with van der Waals surface area (Å²) in [5, 5.41) is 6.90. The van der Waals surface area contributed by atoms with E-state index in [0.717, 1.165) is 44.5 Å². The van der Waals surface area contributed by atoms with Crippen LogP contribution >= 0.6 is 0 Å². The predicted octanol–water partition coefficient (Wildman–Crippen LogP) is 2.17. The molecular formula is C16H26N2O. The maximum atomic E-state index is 5.49. The second-order valence-electron chi connectivity index (χ2n) is 6.00. The molecule has 0 spiro atoms. The highest BCUT2D eigenvalue weighted by Crippen LogP contribution is 2.24. The van der Waals surface area contributed by atoms with E-state index in [1.165, 1.54) is 5.56 Å². The molecule has 0 bridgehead atoms. The van der Waals surface area contributed by atoms with Gasteiger partial charge in [0.05, 0.1) is 6.61 Å². The molecule has 3 heteroatoms. The Hall–Kier alpha value is -1.06. The summed E-state index contributed by atoms with van der Waals surface area (Å²) in [5.41, 5.74) is 1.51. The Morgan fingerprint density at radius 3 is 2.47 bits per heavy atom. The zero-order valence-electron chi connectivity index (χ0n) is 12.3. The van der Waals surface area contributed by atoms with Gasteiger partial charge in [-0.2, -0.15) is 0 Å². The molecule has 0 unspecified atom stereocenters.